The van der Waals surface area contributed by atoms with Crippen LogP contribution in [0.5, 0.6) is 0 Å². The van der Waals surface area contributed by atoms with E-state index in [1.807, 2.05) is 0 Å². The summed E-state index contributed by atoms with van der Waals surface area (Å²) in [6, 6.07) is 5.03. The van der Waals surface area contributed by atoms with Gasteiger partial charge in [-0.3, -0.25) is 4.79 Å². The van der Waals surface area contributed by atoms with Crippen molar-refractivity contribution in [2.75, 3.05) is 13.1 Å². The van der Waals surface area contributed by atoms with Crippen LogP contribution in [0, 0.1) is 5.92 Å². The average Bonchev–Trinajstić information content (AvgIpc) is 2.45. The van der Waals surface area contributed by atoms with Crippen LogP contribution in [0.3, 0.4) is 0 Å². The Hall–Kier alpha value is -1.36. The number of alkyl halides is 3. The van der Waals surface area contributed by atoms with Crippen LogP contribution in [-0.2, 0) is 6.18 Å². The summed E-state index contributed by atoms with van der Waals surface area (Å²) in [4.78, 5) is 12.0. The highest BCUT2D eigenvalue weighted by Gasteiger charge is 2.34. The van der Waals surface area contributed by atoms with E-state index in [0.29, 0.717) is 12.3 Å². The van der Waals surface area contributed by atoms with Gasteiger partial charge in [0.25, 0.3) is 0 Å². The predicted octanol–water partition coefficient (Wildman–Crippen LogP) is 3.67. The molecule has 1 aliphatic heterocycles. The molecule has 0 unspecified atom stereocenters. The Morgan fingerprint density at radius 1 is 1.20 bits per heavy atom. The molecular formula is C15H18F3NO. The molecule has 0 bridgehead atoms. The first kappa shape index (κ1) is 15.0. The van der Waals surface area contributed by atoms with Crippen molar-refractivity contribution >= 4 is 5.78 Å². The molecule has 0 radical (unpaired) electrons. The van der Waals surface area contributed by atoms with E-state index >= 15 is 0 Å². The molecule has 2 nitrogen and oxygen atoms in total. The third-order valence-electron chi connectivity index (χ3n) is 3.77. The summed E-state index contributed by atoms with van der Waals surface area (Å²) in [5.41, 5.74) is -1.02. The third-order valence-corrected chi connectivity index (χ3v) is 3.77. The first-order valence-electron chi connectivity index (χ1n) is 6.88. The quantitative estimate of drug-likeness (QED) is 0.855. The number of hydrogen-bond acceptors (Lipinski definition) is 2. The van der Waals surface area contributed by atoms with Gasteiger partial charge in [-0.1, -0.05) is 18.2 Å². The maximum Gasteiger partial charge on any atom is 0.417 e. The zero-order chi connectivity index (χ0) is 14.6. The maximum atomic E-state index is 12.8. The molecule has 110 valence electrons. The minimum Gasteiger partial charge on any atom is -0.317 e. The number of nitrogens with one attached hydrogen (secondary N) is 1. The summed E-state index contributed by atoms with van der Waals surface area (Å²) < 4.78 is 38.5. The van der Waals surface area contributed by atoms with Gasteiger partial charge < -0.3 is 5.32 Å². The van der Waals surface area contributed by atoms with E-state index in [2.05, 4.69) is 5.32 Å². The zero-order valence-corrected chi connectivity index (χ0v) is 11.2. The average molecular weight is 285 g/mol. The molecule has 1 aliphatic rings. The van der Waals surface area contributed by atoms with Gasteiger partial charge in [0.05, 0.1) is 5.56 Å². The number of hydrogen-bond donors (Lipinski definition) is 1. The van der Waals surface area contributed by atoms with Crippen molar-refractivity contribution in [2.45, 2.75) is 31.9 Å². The Kier molecular flexibility index (Phi) is 4.81. The first-order valence-corrected chi connectivity index (χ1v) is 6.88. The van der Waals surface area contributed by atoms with Crippen molar-refractivity contribution in [3.8, 4) is 0 Å². The highest BCUT2D eigenvalue weighted by molar-refractivity contribution is 5.97. The normalized spacial score (nSPS) is 17.1. The Labute approximate surface area is 116 Å². The van der Waals surface area contributed by atoms with Crippen molar-refractivity contribution < 1.29 is 18.0 Å². The Morgan fingerprint density at radius 3 is 2.50 bits per heavy atom. The minimum atomic E-state index is -4.47. The van der Waals surface area contributed by atoms with Crippen LogP contribution in [-0.4, -0.2) is 18.9 Å². The largest absolute Gasteiger partial charge is 0.417 e. The van der Waals surface area contributed by atoms with E-state index in [-0.39, 0.29) is 12.0 Å². The SMILES string of the molecule is O=C(CCC1CCNCC1)c1ccccc1C(F)(F)F. The maximum absolute atomic E-state index is 12.8. The molecule has 1 N–H and O–H groups in total. The van der Waals surface area contributed by atoms with Crippen LogP contribution in [0.1, 0.15) is 41.6 Å². The lowest BCUT2D eigenvalue weighted by atomic mass is 9.90. The smallest absolute Gasteiger partial charge is 0.317 e. The molecule has 1 saturated heterocycles. The van der Waals surface area contributed by atoms with Gasteiger partial charge in [0.1, 0.15) is 0 Å². The number of rotatable bonds is 4. The predicted molar refractivity (Wildman–Crippen MR) is 70.6 cm³/mol. The lowest BCUT2D eigenvalue weighted by Gasteiger charge is -2.22. The van der Waals surface area contributed by atoms with Gasteiger partial charge in [0.15, 0.2) is 5.78 Å². The van der Waals surface area contributed by atoms with E-state index in [0.717, 1.165) is 32.0 Å². The number of piperidine rings is 1. The van der Waals surface area contributed by atoms with Crippen molar-refractivity contribution in [1.29, 1.82) is 0 Å². The van der Waals surface area contributed by atoms with Crippen molar-refractivity contribution in [1.82, 2.24) is 5.32 Å². The second-order valence-corrected chi connectivity index (χ2v) is 5.20. The van der Waals surface area contributed by atoms with E-state index in [9.17, 15) is 18.0 Å². The van der Waals surface area contributed by atoms with Crippen LogP contribution in [0.25, 0.3) is 0 Å². The molecule has 0 spiro atoms. The Bertz CT molecular complexity index is 464. The number of carbonyl (C=O) groups is 1. The van der Waals surface area contributed by atoms with E-state index in [1.54, 1.807) is 0 Å². The molecule has 2 rings (SSSR count). The molecule has 1 aromatic carbocycles. The molecule has 1 aromatic rings. The fourth-order valence-corrected chi connectivity index (χ4v) is 2.61. The fraction of sp³-hybridized carbons (Fsp3) is 0.533. The van der Waals surface area contributed by atoms with E-state index in [1.165, 1.54) is 18.2 Å². The van der Waals surface area contributed by atoms with Gasteiger partial charge in [-0.2, -0.15) is 13.2 Å². The van der Waals surface area contributed by atoms with Crippen molar-refractivity contribution in [3.63, 3.8) is 0 Å². The van der Waals surface area contributed by atoms with Gasteiger partial charge in [-0.15, -0.1) is 0 Å². The molecular weight excluding hydrogens is 267 g/mol. The number of benzene rings is 1. The van der Waals surface area contributed by atoms with Crippen LogP contribution in [0.15, 0.2) is 24.3 Å². The van der Waals surface area contributed by atoms with Crippen LogP contribution >= 0.6 is 0 Å². The summed E-state index contributed by atoms with van der Waals surface area (Å²) in [5, 5.41) is 3.23. The summed E-state index contributed by atoms with van der Waals surface area (Å²) in [7, 11) is 0. The molecule has 0 aliphatic carbocycles. The zero-order valence-electron chi connectivity index (χ0n) is 11.2. The first-order chi connectivity index (χ1) is 9.48. The van der Waals surface area contributed by atoms with Crippen LogP contribution in [0.4, 0.5) is 13.2 Å². The standard InChI is InChI=1S/C15H18F3NO/c16-15(17,18)13-4-2-1-3-12(13)14(20)6-5-11-7-9-19-10-8-11/h1-4,11,19H,5-10H2. The molecule has 1 fully saturated rings. The van der Waals surface area contributed by atoms with Crippen LogP contribution in [0.2, 0.25) is 0 Å². The monoisotopic (exact) mass is 285 g/mol. The van der Waals surface area contributed by atoms with Gasteiger partial charge in [0.2, 0.25) is 0 Å². The van der Waals surface area contributed by atoms with Crippen molar-refractivity contribution in [3.05, 3.63) is 35.4 Å². The molecule has 1 heterocycles. The topological polar surface area (TPSA) is 29.1 Å². The lowest BCUT2D eigenvalue weighted by Crippen LogP contribution is -2.28. The molecule has 20 heavy (non-hydrogen) atoms. The molecule has 0 atom stereocenters. The number of halogens is 3. The Morgan fingerprint density at radius 2 is 1.85 bits per heavy atom. The highest BCUT2D eigenvalue weighted by atomic mass is 19.4. The summed E-state index contributed by atoms with van der Waals surface area (Å²) in [5.74, 6) is 0.0368. The summed E-state index contributed by atoms with van der Waals surface area (Å²) in [6.45, 7) is 1.86. The summed E-state index contributed by atoms with van der Waals surface area (Å²) >= 11 is 0. The highest BCUT2D eigenvalue weighted by Crippen LogP contribution is 2.32. The molecule has 0 amide bonds. The molecule has 0 aromatic heterocycles. The van der Waals surface area contributed by atoms with Crippen LogP contribution < -0.4 is 5.32 Å². The fourth-order valence-electron chi connectivity index (χ4n) is 2.61. The van der Waals surface area contributed by atoms with E-state index < -0.39 is 17.5 Å². The number of ketones is 1. The van der Waals surface area contributed by atoms with E-state index in [4.69, 9.17) is 0 Å². The van der Waals surface area contributed by atoms with Gasteiger partial charge >= 0.3 is 6.18 Å². The second-order valence-electron chi connectivity index (χ2n) is 5.20. The second kappa shape index (κ2) is 6.39. The molecule has 5 heteroatoms. The summed E-state index contributed by atoms with van der Waals surface area (Å²) in [6.07, 6.45) is -1.62. The number of Topliss-reactive ketones (excluding diaryl/α,β-unsaturated/α-hetero) is 1. The number of carbonyl (C=O) groups excluding carboxylic acids is 1. The Balaban J connectivity index is 2.02. The minimum absolute atomic E-state index is 0.192. The van der Waals surface area contributed by atoms with Gasteiger partial charge in [0, 0.05) is 12.0 Å². The lowest BCUT2D eigenvalue weighted by molar-refractivity contribution is -0.137. The van der Waals surface area contributed by atoms with Gasteiger partial charge in [-0.05, 0) is 44.3 Å². The van der Waals surface area contributed by atoms with Gasteiger partial charge in [-0.25, -0.2) is 0 Å². The molecule has 0 saturated carbocycles. The third kappa shape index (κ3) is 3.82. The van der Waals surface area contributed by atoms with Crippen molar-refractivity contribution in [2.24, 2.45) is 5.92 Å².